The predicted molar refractivity (Wildman–Crippen MR) is 73.1 cm³/mol. The molecule has 19 heavy (non-hydrogen) atoms. The van der Waals surface area contributed by atoms with Crippen molar-refractivity contribution < 1.29 is 4.39 Å². The van der Waals surface area contributed by atoms with Gasteiger partial charge < -0.3 is 4.98 Å². The summed E-state index contributed by atoms with van der Waals surface area (Å²) in [5.74, 6) is -0.530. The molecule has 0 radical (unpaired) electrons. The van der Waals surface area contributed by atoms with Crippen LogP contribution in [-0.2, 0) is 0 Å². The van der Waals surface area contributed by atoms with Crippen LogP contribution in [0.4, 0.5) is 4.39 Å². The number of aromatic amines is 1. The second-order valence-electron chi connectivity index (χ2n) is 4.06. The van der Waals surface area contributed by atoms with Crippen molar-refractivity contribution in [2.45, 2.75) is 0 Å². The molecule has 0 saturated carbocycles. The Kier molecular flexibility index (Phi) is 2.65. The molecule has 0 aliphatic heterocycles. The lowest BCUT2D eigenvalue weighted by Gasteiger charge is -2.05. The first-order valence-electron chi connectivity index (χ1n) is 5.60. The lowest BCUT2D eigenvalue weighted by Crippen LogP contribution is -1.96. The largest absolute Gasteiger partial charge is 0.330 e. The van der Waals surface area contributed by atoms with Crippen molar-refractivity contribution >= 4 is 23.3 Å². The molecule has 5 heteroatoms. The Labute approximate surface area is 113 Å². The number of para-hydroxylation sites is 2. The highest BCUT2D eigenvalue weighted by Crippen LogP contribution is 2.21. The number of nitriles is 1. The number of H-pyrrole nitrogens is 1. The number of aromatic nitrogens is 2. The first kappa shape index (κ1) is 11.6. The van der Waals surface area contributed by atoms with Crippen LogP contribution in [-0.4, -0.2) is 9.55 Å². The summed E-state index contributed by atoms with van der Waals surface area (Å²) in [4.78, 5) is 3.08. The third-order valence-electron chi connectivity index (χ3n) is 2.92. The zero-order valence-corrected chi connectivity index (χ0v) is 10.5. The van der Waals surface area contributed by atoms with E-state index in [1.54, 1.807) is 10.6 Å². The van der Waals surface area contributed by atoms with Crippen molar-refractivity contribution in [2.24, 2.45) is 0 Å². The number of benzene rings is 2. The molecular weight excluding hydrogens is 261 g/mol. The van der Waals surface area contributed by atoms with E-state index in [1.165, 1.54) is 12.1 Å². The van der Waals surface area contributed by atoms with Crippen molar-refractivity contribution in [1.82, 2.24) is 9.55 Å². The molecular formula is C14H8FN3S. The zero-order chi connectivity index (χ0) is 13.4. The smallest absolute Gasteiger partial charge is 0.182 e. The number of nitrogens with zero attached hydrogens (tertiary/aromatic N) is 2. The van der Waals surface area contributed by atoms with Gasteiger partial charge in [0, 0.05) is 5.69 Å². The van der Waals surface area contributed by atoms with Crippen molar-refractivity contribution in [2.75, 3.05) is 0 Å². The molecule has 3 nitrogen and oxygen atoms in total. The minimum atomic E-state index is -0.530. The molecule has 0 amide bonds. The third-order valence-corrected chi connectivity index (χ3v) is 3.20. The van der Waals surface area contributed by atoms with Crippen molar-refractivity contribution in [1.29, 1.82) is 5.26 Å². The van der Waals surface area contributed by atoms with Gasteiger partial charge in [0.25, 0.3) is 0 Å². The molecule has 0 bridgehead atoms. The summed E-state index contributed by atoms with van der Waals surface area (Å²) in [5, 5.41) is 8.89. The first-order chi connectivity index (χ1) is 9.20. The van der Waals surface area contributed by atoms with Gasteiger partial charge in [0.1, 0.15) is 11.9 Å². The molecule has 3 rings (SSSR count). The Balaban J connectivity index is 2.34. The lowest BCUT2D eigenvalue weighted by atomic mass is 10.2. The van der Waals surface area contributed by atoms with Crippen molar-refractivity contribution in [3.05, 3.63) is 58.6 Å². The number of nitrogens with one attached hydrogen (secondary N) is 1. The van der Waals surface area contributed by atoms with Crippen molar-refractivity contribution in [3.63, 3.8) is 0 Å². The van der Waals surface area contributed by atoms with Crippen LogP contribution in [0, 0.1) is 21.9 Å². The fourth-order valence-corrected chi connectivity index (χ4v) is 2.36. The third kappa shape index (κ3) is 1.83. The van der Waals surface area contributed by atoms with E-state index in [-0.39, 0.29) is 5.56 Å². The number of rotatable bonds is 1. The molecule has 2 aromatic carbocycles. The van der Waals surface area contributed by atoms with Gasteiger partial charge in [-0.3, -0.25) is 4.57 Å². The monoisotopic (exact) mass is 269 g/mol. The summed E-state index contributed by atoms with van der Waals surface area (Å²) in [5.41, 5.74) is 2.46. The summed E-state index contributed by atoms with van der Waals surface area (Å²) in [6, 6.07) is 13.8. The van der Waals surface area contributed by atoms with Crippen molar-refractivity contribution in [3.8, 4) is 11.8 Å². The molecule has 92 valence electrons. The second-order valence-corrected chi connectivity index (χ2v) is 4.45. The summed E-state index contributed by atoms with van der Waals surface area (Å²) in [6.07, 6.45) is 0. The van der Waals surface area contributed by atoms with Gasteiger partial charge in [0.2, 0.25) is 0 Å². The Morgan fingerprint density at radius 3 is 2.79 bits per heavy atom. The van der Waals surface area contributed by atoms with E-state index in [9.17, 15) is 4.39 Å². The highest BCUT2D eigenvalue weighted by atomic mass is 32.1. The van der Waals surface area contributed by atoms with Gasteiger partial charge in [0.05, 0.1) is 16.6 Å². The van der Waals surface area contributed by atoms with E-state index in [4.69, 9.17) is 17.5 Å². The van der Waals surface area contributed by atoms with E-state index in [2.05, 4.69) is 4.98 Å². The van der Waals surface area contributed by atoms with Crippen LogP contribution < -0.4 is 0 Å². The number of hydrogen-bond acceptors (Lipinski definition) is 2. The van der Waals surface area contributed by atoms with E-state index in [0.29, 0.717) is 10.5 Å². The van der Waals surface area contributed by atoms with Crippen LogP contribution in [0.5, 0.6) is 0 Å². The standard InChI is InChI=1S/C14H8FN3S/c15-11-6-5-10(7-9(11)8-16)18-13-4-2-1-3-12(13)17-14(18)19/h1-7H,(H,17,19). The van der Waals surface area contributed by atoms with E-state index >= 15 is 0 Å². The Hall–Kier alpha value is -2.45. The maximum Gasteiger partial charge on any atom is 0.182 e. The van der Waals surface area contributed by atoms with Gasteiger partial charge in [-0.2, -0.15) is 5.26 Å². The van der Waals surface area contributed by atoms with E-state index in [0.717, 1.165) is 11.0 Å². The number of hydrogen-bond donors (Lipinski definition) is 1. The van der Waals surface area contributed by atoms with E-state index < -0.39 is 5.82 Å². The topological polar surface area (TPSA) is 44.5 Å². The summed E-state index contributed by atoms with van der Waals surface area (Å²) in [7, 11) is 0. The van der Waals surface area contributed by atoms with E-state index in [1.807, 2.05) is 30.3 Å². The Morgan fingerprint density at radius 2 is 2.00 bits per heavy atom. The quantitative estimate of drug-likeness (QED) is 0.685. The molecule has 3 aromatic rings. The minimum Gasteiger partial charge on any atom is -0.330 e. The SMILES string of the molecule is N#Cc1cc(-n2c(=S)[nH]c3ccccc32)ccc1F. The molecule has 0 spiro atoms. The normalized spacial score (nSPS) is 10.5. The summed E-state index contributed by atoms with van der Waals surface area (Å²) < 4.78 is 15.7. The number of fused-ring (bicyclic) bond motifs is 1. The zero-order valence-electron chi connectivity index (χ0n) is 9.72. The molecule has 0 aliphatic carbocycles. The summed E-state index contributed by atoms with van der Waals surface area (Å²) in [6.45, 7) is 0. The fraction of sp³-hybridized carbons (Fsp3) is 0. The summed E-state index contributed by atoms with van der Waals surface area (Å²) >= 11 is 5.28. The van der Waals surface area contributed by atoms with Gasteiger partial charge in [-0.1, -0.05) is 12.1 Å². The molecule has 0 unspecified atom stereocenters. The highest BCUT2D eigenvalue weighted by Gasteiger charge is 2.08. The van der Waals surface area contributed by atoms with Crippen LogP contribution >= 0.6 is 12.2 Å². The molecule has 1 heterocycles. The maximum atomic E-state index is 13.4. The fourth-order valence-electron chi connectivity index (χ4n) is 2.05. The lowest BCUT2D eigenvalue weighted by molar-refractivity contribution is 0.623. The van der Waals surface area contributed by atoms with Crippen LogP contribution in [0.3, 0.4) is 0 Å². The number of halogens is 1. The molecule has 0 atom stereocenters. The average Bonchev–Trinajstić information content (AvgIpc) is 2.75. The maximum absolute atomic E-state index is 13.4. The van der Waals surface area contributed by atoms with Gasteiger partial charge in [-0.05, 0) is 42.5 Å². The molecule has 0 aliphatic rings. The van der Waals surface area contributed by atoms with Gasteiger partial charge >= 0.3 is 0 Å². The van der Waals surface area contributed by atoms with Crippen LogP contribution in [0.2, 0.25) is 0 Å². The highest BCUT2D eigenvalue weighted by molar-refractivity contribution is 7.71. The second kappa shape index (κ2) is 4.34. The Morgan fingerprint density at radius 1 is 1.21 bits per heavy atom. The first-order valence-corrected chi connectivity index (χ1v) is 6.01. The number of imidazole rings is 1. The Bertz CT molecular complexity index is 870. The molecule has 1 N–H and O–H groups in total. The molecule has 1 aromatic heterocycles. The minimum absolute atomic E-state index is 0.00433. The van der Waals surface area contributed by atoms with Crippen LogP contribution in [0.15, 0.2) is 42.5 Å². The van der Waals surface area contributed by atoms with Crippen LogP contribution in [0.1, 0.15) is 5.56 Å². The molecule has 0 fully saturated rings. The predicted octanol–water partition coefficient (Wildman–Crippen LogP) is 3.70. The van der Waals surface area contributed by atoms with Gasteiger partial charge in [-0.25, -0.2) is 4.39 Å². The average molecular weight is 269 g/mol. The van der Waals surface area contributed by atoms with Gasteiger partial charge in [-0.15, -0.1) is 0 Å². The van der Waals surface area contributed by atoms with Crippen LogP contribution in [0.25, 0.3) is 16.7 Å². The van der Waals surface area contributed by atoms with Gasteiger partial charge in [0.15, 0.2) is 4.77 Å². The molecule has 0 saturated heterocycles.